The van der Waals surface area contributed by atoms with E-state index in [0.29, 0.717) is 18.3 Å². The molecule has 1 saturated carbocycles. The molecule has 3 saturated heterocycles. The van der Waals surface area contributed by atoms with Crippen molar-refractivity contribution in [1.82, 2.24) is 15.1 Å². The summed E-state index contributed by atoms with van der Waals surface area (Å²) in [5.41, 5.74) is -0.414. The van der Waals surface area contributed by atoms with Crippen LogP contribution in [0.4, 0.5) is 5.69 Å². The second-order valence-corrected chi connectivity index (χ2v) is 13.3. The van der Waals surface area contributed by atoms with Crippen molar-refractivity contribution in [3.63, 3.8) is 0 Å². The van der Waals surface area contributed by atoms with E-state index in [1.54, 1.807) is 16.7 Å². The highest BCUT2D eigenvalue weighted by Crippen LogP contribution is 2.55. The summed E-state index contributed by atoms with van der Waals surface area (Å²) in [4.78, 5) is 47.4. The van der Waals surface area contributed by atoms with E-state index in [-0.39, 0.29) is 23.8 Å². The van der Waals surface area contributed by atoms with Gasteiger partial charge in [0.05, 0.1) is 17.9 Å². The Balaban J connectivity index is 1.27. The Hall–Kier alpha value is -2.36. The number of anilines is 1. The van der Waals surface area contributed by atoms with Gasteiger partial charge in [-0.1, -0.05) is 50.8 Å². The van der Waals surface area contributed by atoms with Gasteiger partial charge in [-0.2, -0.15) is 0 Å². The van der Waals surface area contributed by atoms with E-state index in [0.717, 1.165) is 56.5 Å². The van der Waals surface area contributed by atoms with Gasteiger partial charge >= 0.3 is 0 Å². The van der Waals surface area contributed by atoms with Gasteiger partial charge in [-0.15, -0.1) is 11.8 Å². The Morgan fingerprint density at radius 3 is 2.66 bits per heavy atom. The van der Waals surface area contributed by atoms with Gasteiger partial charge in [0.1, 0.15) is 11.6 Å². The highest BCUT2D eigenvalue weighted by atomic mass is 32.2. The molecule has 41 heavy (non-hydrogen) atoms. The van der Waals surface area contributed by atoms with Crippen LogP contribution in [0.5, 0.6) is 0 Å². The monoisotopic (exact) mass is 580 g/mol. The van der Waals surface area contributed by atoms with E-state index in [1.165, 1.54) is 19.3 Å². The standard InChI is InChI=1S/C32H44N4O4S/c1-3-23-13-7-8-17-35(23)18-19-36-28(30(38)33-21-10-5-4-6-11-21)32-16-15-25(40-32)26(27(32)31(36)39)29(37)34-22-12-9-14-24(20-22)41-2/h9,12,14-16,20-21,23,25-28H,3-8,10-11,13,17-19H2,1-2H3,(H,33,38)(H,34,37). The smallest absolute Gasteiger partial charge is 0.246 e. The quantitative estimate of drug-likeness (QED) is 0.336. The van der Waals surface area contributed by atoms with Crippen molar-refractivity contribution in [3.05, 3.63) is 36.4 Å². The molecule has 1 aromatic carbocycles. The Labute approximate surface area is 248 Å². The van der Waals surface area contributed by atoms with Crippen LogP contribution < -0.4 is 10.6 Å². The average Bonchev–Trinajstić information content (AvgIpc) is 3.64. The molecule has 3 amide bonds. The summed E-state index contributed by atoms with van der Waals surface area (Å²) in [7, 11) is 0. The average molecular weight is 581 g/mol. The van der Waals surface area contributed by atoms with E-state index in [4.69, 9.17) is 4.74 Å². The summed E-state index contributed by atoms with van der Waals surface area (Å²) < 4.78 is 6.54. The van der Waals surface area contributed by atoms with Crippen LogP contribution in [0.25, 0.3) is 0 Å². The second-order valence-electron chi connectivity index (χ2n) is 12.4. The van der Waals surface area contributed by atoms with Crippen molar-refractivity contribution < 1.29 is 19.1 Å². The molecule has 4 fully saturated rings. The Bertz CT molecular complexity index is 1190. The van der Waals surface area contributed by atoms with Gasteiger partial charge in [0.2, 0.25) is 17.7 Å². The number of ether oxygens (including phenoxy) is 1. The molecular weight excluding hydrogens is 536 g/mol. The molecule has 2 N–H and O–H groups in total. The zero-order valence-electron chi connectivity index (χ0n) is 24.3. The number of rotatable bonds is 9. The molecule has 1 aliphatic carbocycles. The summed E-state index contributed by atoms with van der Waals surface area (Å²) in [6.07, 6.45) is 15.3. The fourth-order valence-electron chi connectivity index (χ4n) is 8.01. The lowest BCUT2D eigenvalue weighted by molar-refractivity contribution is -0.141. The molecule has 0 radical (unpaired) electrons. The zero-order chi connectivity index (χ0) is 28.6. The van der Waals surface area contributed by atoms with Gasteiger partial charge in [0, 0.05) is 35.8 Å². The number of hydrogen-bond donors (Lipinski definition) is 2. The van der Waals surface area contributed by atoms with E-state index in [2.05, 4.69) is 22.5 Å². The van der Waals surface area contributed by atoms with Crippen LogP contribution in [0.2, 0.25) is 0 Å². The Morgan fingerprint density at radius 2 is 1.88 bits per heavy atom. The molecule has 4 aliphatic heterocycles. The van der Waals surface area contributed by atoms with Crippen LogP contribution in [0.1, 0.15) is 64.7 Å². The number of nitrogens with zero attached hydrogens (tertiary/aromatic N) is 2. The van der Waals surface area contributed by atoms with E-state index >= 15 is 0 Å². The number of carbonyl (C=O) groups excluding carboxylic acids is 3. The molecule has 1 aromatic rings. The lowest BCUT2D eigenvalue weighted by Crippen LogP contribution is -2.57. The van der Waals surface area contributed by atoms with Crippen LogP contribution in [0, 0.1) is 11.8 Å². The van der Waals surface area contributed by atoms with Crippen LogP contribution in [0.15, 0.2) is 41.3 Å². The van der Waals surface area contributed by atoms with E-state index in [9.17, 15) is 14.4 Å². The first-order valence-corrected chi connectivity index (χ1v) is 16.8. The molecule has 6 unspecified atom stereocenters. The molecule has 0 aromatic heterocycles. The van der Waals surface area contributed by atoms with E-state index in [1.807, 2.05) is 42.7 Å². The third-order valence-corrected chi connectivity index (χ3v) is 10.8. The first-order chi connectivity index (χ1) is 19.9. The minimum Gasteiger partial charge on any atom is -0.359 e. The third kappa shape index (κ3) is 5.34. The van der Waals surface area contributed by atoms with Crippen molar-refractivity contribution in [2.24, 2.45) is 11.8 Å². The van der Waals surface area contributed by atoms with Crippen LogP contribution in [-0.4, -0.2) is 83.2 Å². The number of hydrogen-bond acceptors (Lipinski definition) is 6. The molecule has 9 heteroatoms. The largest absolute Gasteiger partial charge is 0.359 e. The summed E-state index contributed by atoms with van der Waals surface area (Å²) in [6, 6.07) is 7.58. The first kappa shape index (κ1) is 28.7. The van der Waals surface area contributed by atoms with E-state index < -0.39 is 29.6 Å². The molecule has 4 heterocycles. The molecule has 6 atom stereocenters. The number of piperidine rings is 1. The van der Waals surface area contributed by atoms with Crippen molar-refractivity contribution >= 4 is 35.2 Å². The maximum Gasteiger partial charge on any atom is 0.246 e. The molecule has 8 nitrogen and oxygen atoms in total. The highest BCUT2D eigenvalue weighted by molar-refractivity contribution is 7.98. The minimum atomic E-state index is -1.12. The zero-order valence-corrected chi connectivity index (χ0v) is 25.2. The van der Waals surface area contributed by atoms with Crippen molar-refractivity contribution in [3.8, 4) is 0 Å². The SMILES string of the molecule is CCC1CCCCN1CCN1C(=O)C2C(C(=O)Nc3cccc(SC)c3)C3C=CC2(O3)C1C(=O)NC1CCCCC1. The number of benzene rings is 1. The second kappa shape index (κ2) is 12.1. The number of likely N-dealkylation sites (tertiary alicyclic amines) is 2. The van der Waals surface area contributed by atoms with Crippen LogP contribution in [0.3, 0.4) is 0 Å². The van der Waals surface area contributed by atoms with Crippen LogP contribution in [-0.2, 0) is 19.1 Å². The van der Waals surface area contributed by atoms with Gasteiger partial charge < -0.3 is 20.3 Å². The molecule has 6 rings (SSSR count). The number of nitrogens with one attached hydrogen (secondary N) is 2. The maximum atomic E-state index is 14.3. The highest BCUT2D eigenvalue weighted by Gasteiger charge is 2.72. The predicted molar refractivity (Wildman–Crippen MR) is 161 cm³/mol. The van der Waals surface area contributed by atoms with Gasteiger partial charge in [0.15, 0.2) is 0 Å². The molecular formula is C32H44N4O4S. The first-order valence-electron chi connectivity index (χ1n) is 15.6. The minimum absolute atomic E-state index is 0.126. The predicted octanol–water partition coefficient (Wildman–Crippen LogP) is 4.21. The number of carbonyl (C=O) groups is 3. The summed E-state index contributed by atoms with van der Waals surface area (Å²) in [6.45, 7) is 4.43. The summed E-state index contributed by atoms with van der Waals surface area (Å²) in [5.74, 6) is -1.90. The molecule has 1 spiro atoms. The van der Waals surface area contributed by atoms with Crippen molar-refractivity contribution in [1.29, 1.82) is 0 Å². The third-order valence-electron chi connectivity index (χ3n) is 10.1. The van der Waals surface area contributed by atoms with Crippen LogP contribution >= 0.6 is 11.8 Å². The normalized spacial score (nSPS) is 33.3. The van der Waals surface area contributed by atoms with Crippen molar-refractivity contribution in [2.45, 2.75) is 99.4 Å². The Morgan fingerprint density at radius 1 is 1.07 bits per heavy atom. The maximum absolute atomic E-state index is 14.3. The van der Waals surface area contributed by atoms with Crippen molar-refractivity contribution in [2.75, 3.05) is 31.2 Å². The topological polar surface area (TPSA) is 91.0 Å². The molecule has 2 bridgehead atoms. The Kier molecular flexibility index (Phi) is 8.48. The summed E-state index contributed by atoms with van der Waals surface area (Å²) in [5, 5.41) is 6.34. The lowest BCUT2D eigenvalue weighted by atomic mass is 9.74. The fourth-order valence-corrected chi connectivity index (χ4v) is 8.47. The summed E-state index contributed by atoms with van der Waals surface area (Å²) >= 11 is 1.61. The van der Waals surface area contributed by atoms with Gasteiger partial charge in [0.25, 0.3) is 0 Å². The number of amides is 3. The molecule has 222 valence electrons. The lowest BCUT2D eigenvalue weighted by Gasteiger charge is -2.38. The van der Waals surface area contributed by atoms with Gasteiger partial charge in [-0.25, -0.2) is 0 Å². The van der Waals surface area contributed by atoms with Gasteiger partial charge in [-0.05, 0) is 63.1 Å². The van der Waals surface area contributed by atoms with Gasteiger partial charge in [-0.3, -0.25) is 19.3 Å². The molecule has 5 aliphatic rings. The number of fused-ring (bicyclic) bond motifs is 1. The number of thioether (sulfide) groups is 1. The fraction of sp³-hybridized carbons (Fsp3) is 0.656.